The van der Waals surface area contributed by atoms with Crippen molar-refractivity contribution in [2.45, 2.75) is 25.8 Å². The van der Waals surface area contributed by atoms with E-state index in [-0.39, 0.29) is 0 Å². The van der Waals surface area contributed by atoms with Gasteiger partial charge in [-0.25, -0.2) is 0 Å². The lowest BCUT2D eigenvalue weighted by Crippen LogP contribution is -2.30. The molecular weight excluding hydrogens is 170 g/mol. The van der Waals surface area contributed by atoms with Gasteiger partial charge in [-0.3, -0.25) is 0 Å². The van der Waals surface area contributed by atoms with Crippen LogP contribution in [0.3, 0.4) is 0 Å². The number of nitrogens with zero attached hydrogens (tertiary/aromatic N) is 1. The topological polar surface area (TPSA) is 3.24 Å². The van der Waals surface area contributed by atoms with E-state index in [1.807, 2.05) is 0 Å². The van der Waals surface area contributed by atoms with E-state index in [0.29, 0.717) is 6.04 Å². The van der Waals surface area contributed by atoms with Gasteiger partial charge < -0.3 is 4.90 Å². The van der Waals surface area contributed by atoms with Crippen molar-refractivity contribution < 1.29 is 0 Å². The molecule has 0 bridgehead atoms. The molecule has 1 aliphatic heterocycles. The number of likely N-dealkylation sites (tertiary alicyclic amines) is 1. The summed E-state index contributed by atoms with van der Waals surface area (Å²) in [6.45, 7) is 4.83. The van der Waals surface area contributed by atoms with E-state index in [2.05, 4.69) is 48.6 Å². The molecule has 1 atom stereocenters. The molecule has 0 N–H and O–H groups in total. The fourth-order valence-corrected chi connectivity index (χ4v) is 2.10. The highest BCUT2D eigenvalue weighted by Gasteiger charge is 2.17. The van der Waals surface area contributed by atoms with Crippen LogP contribution in [0.15, 0.2) is 30.3 Å². The molecule has 0 unspecified atom stereocenters. The summed E-state index contributed by atoms with van der Waals surface area (Å²) < 4.78 is 0. The van der Waals surface area contributed by atoms with Crippen molar-refractivity contribution in [3.05, 3.63) is 42.3 Å². The highest BCUT2D eigenvalue weighted by molar-refractivity contribution is 5.24. The Hall–Kier alpha value is -0.820. The van der Waals surface area contributed by atoms with Gasteiger partial charge in [0.25, 0.3) is 0 Å². The molecule has 1 nitrogen and oxygen atoms in total. The second-order valence-electron chi connectivity index (χ2n) is 4.06. The minimum absolute atomic E-state index is 0.583. The maximum atomic E-state index is 2.55. The first-order valence-electron chi connectivity index (χ1n) is 5.50. The van der Waals surface area contributed by atoms with Crippen molar-refractivity contribution in [1.29, 1.82) is 0 Å². The van der Waals surface area contributed by atoms with Crippen LogP contribution in [-0.4, -0.2) is 24.0 Å². The van der Waals surface area contributed by atoms with Crippen LogP contribution in [0.4, 0.5) is 0 Å². The van der Waals surface area contributed by atoms with Crippen LogP contribution in [0.5, 0.6) is 0 Å². The van der Waals surface area contributed by atoms with Crippen LogP contribution in [0, 0.1) is 6.42 Å². The summed E-state index contributed by atoms with van der Waals surface area (Å²) in [5, 5.41) is 0. The molecule has 1 fully saturated rings. The average Bonchev–Trinajstić information content (AvgIpc) is 2.72. The van der Waals surface area contributed by atoms with Crippen molar-refractivity contribution >= 4 is 0 Å². The minimum Gasteiger partial charge on any atom is -0.300 e. The molecule has 0 aromatic heterocycles. The van der Waals surface area contributed by atoms with Crippen molar-refractivity contribution in [3.8, 4) is 0 Å². The standard InChI is InChI=1S/C13H18N/c1-12(14-9-5-6-10-14)11-13-7-3-2-4-8-13/h2-4,7-8,11-12H,5-6,9-10H2,1H3/t12-/m0/s1. The van der Waals surface area contributed by atoms with Gasteiger partial charge in [-0.05, 0) is 38.4 Å². The fourth-order valence-electron chi connectivity index (χ4n) is 2.10. The lowest BCUT2D eigenvalue weighted by Gasteiger charge is -2.23. The van der Waals surface area contributed by atoms with Crippen molar-refractivity contribution in [1.82, 2.24) is 4.90 Å². The molecule has 0 amide bonds. The molecular formula is C13H18N. The molecule has 1 heteroatoms. The summed E-state index contributed by atoms with van der Waals surface area (Å²) in [5.74, 6) is 0. The van der Waals surface area contributed by atoms with Gasteiger partial charge in [-0.15, -0.1) is 0 Å². The Labute approximate surface area is 86.7 Å². The molecule has 0 spiro atoms. The van der Waals surface area contributed by atoms with Crippen LogP contribution in [0.1, 0.15) is 25.3 Å². The summed E-state index contributed by atoms with van der Waals surface area (Å²) in [6.07, 6.45) is 5.09. The van der Waals surface area contributed by atoms with E-state index < -0.39 is 0 Å². The Morgan fingerprint density at radius 1 is 1.14 bits per heavy atom. The monoisotopic (exact) mass is 188 g/mol. The molecule has 0 saturated carbocycles. The second-order valence-corrected chi connectivity index (χ2v) is 4.06. The number of hydrogen-bond acceptors (Lipinski definition) is 1. The lowest BCUT2D eigenvalue weighted by atomic mass is 10.1. The molecule has 1 aromatic carbocycles. The van der Waals surface area contributed by atoms with Gasteiger partial charge in [0.05, 0.1) is 0 Å². The quantitative estimate of drug-likeness (QED) is 0.705. The molecule has 2 rings (SSSR count). The van der Waals surface area contributed by atoms with Crippen molar-refractivity contribution in [3.63, 3.8) is 0 Å². The summed E-state index contributed by atoms with van der Waals surface area (Å²) >= 11 is 0. The highest BCUT2D eigenvalue weighted by Crippen LogP contribution is 2.16. The molecule has 14 heavy (non-hydrogen) atoms. The SMILES string of the molecule is C[C@@H]([CH]c1ccccc1)N1CCCC1. The lowest BCUT2D eigenvalue weighted by molar-refractivity contribution is 0.289. The Morgan fingerprint density at radius 2 is 1.79 bits per heavy atom. The molecule has 1 aromatic rings. The highest BCUT2D eigenvalue weighted by atomic mass is 15.2. The molecule has 75 valence electrons. The largest absolute Gasteiger partial charge is 0.300 e. The smallest absolute Gasteiger partial charge is 0.0142 e. The fraction of sp³-hybridized carbons (Fsp3) is 0.462. The molecule has 1 heterocycles. The number of benzene rings is 1. The second kappa shape index (κ2) is 4.61. The Bertz CT molecular complexity index is 262. The van der Waals surface area contributed by atoms with Gasteiger partial charge >= 0.3 is 0 Å². The van der Waals surface area contributed by atoms with Gasteiger partial charge in [0.15, 0.2) is 0 Å². The summed E-state index contributed by atoms with van der Waals surface area (Å²) in [7, 11) is 0. The maximum absolute atomic E-state index is 2.55. The third-order valence-corrected chi connectivity index (χ3v) is 2.95. The maximum Gasteiger partial charge on any atom is 0.0142 e. The van der Waals surface area contributed by atoms with Crippen LogP contribution in [-0.2, 0) is 0 Å². The average molecular weight is 188 g/mol. The first kappa shape index (κ1) is 9.72. The Kier molecular flexibility index (Phi) is 3.20. The zero-order chi connectivity index (χ0) is 9.80. The van der Waals surface area contributed by atoms with Crippen LogP contribution in [0.25, 0.3) is 0 Å². The predicted octanol–water partition coefficient (Wildman–Crippen LogP) is 2.72. The normalized spacial score (nSPS) is 19.8. The number of hydrogen-bond donors (Lipinski definition) is 0. The van der Waals surface area contributed by atoms with E-state index >= 15 is 0 Å². The van der Waals surface area contributed by atoms with E-state index in [1.165, 1.54) is 31.5 Å². The van der Waals surface area contributed by atoms with Gasteiger partial charge in [0, 0.05) is 12.5 Å². The third kappa shape index (κ3) is 2.36. The summed E-state index contributed by atoms with van der Waals surface area (Å²) in [4.78, 5) is 2.55. The van der Waals surface area contributed by atoms with Crippen LogP contribution in [0.2, 0.25) is 0 Å². The third-order valence-electron chi connectivity index (χ3n) is 2.95. The molecule has 1 aliphatic rings. The first-order valence-corrected chi connectivity index (χ1v) is 5.50. The zero-order valence-corrected chi connectivity index (χ0v) is 8.82. The Balaban J connectivity index is 1.90. The van der Waals surface area contributed by atoms with E-state index in [4.69, 9.17) is 0 Å². The van der Waals surface area contributed by atoms with Gasteiger partial charge in [0.2, 0.25) is 0 Å². The van der Waals surface area contributed by atoms with Gasteiger partial charge in [0.1, 0.15) is 0 Å². The van der Waals surface area contributed by atoms with Crippen molar-refractivity contribution in [2.24, 2.45) is 0 Å². The van der Waals surface area contributed by atoms with Crippen molar-refractivity contribution in [2.75, 3.05) is 13.1 Å². The van der Waals surface area contributed by atoms with E-state index in [0.717, 1.165) is 0 Å². The molecule has 0 aliphatic carbocycles. The Morgan fingerprint density at radius 3 is 2.43 bits per heavy atom. The van der Waals surface area contributed by atoms with Gasteiger partial charge in [-0.1, -0.05) is 30.3 Å². The van der Waals surface area contributed by atoms with E-state index in [1.54, 1.807) is 0 Å². The summed E-state index contributed by atoms with van der Waals surface area (Å²) in [6, 6.07) is 11.2. The number of rotatable bonds is 3. The zero-order valence-electron chi connectivity index (χ0n) is 8.82. The van der Waals surface area contributed by atoms with E-state index in [9.17, 15) is 0 Å². The van der Waals surface area contributed by atoms with Gasteiger partial charge in [-0.2, -0.15) is 0 Å². The summed E-state index contributed by atoms with van der Waals surface area (Å²) in [5.41, 5.74) is 1.34. The molecule has 1 saturated heterocycles. The predicted molar refractivity (Wildman–Crippen MR) is 60.1 cm³/mol. The minimum atomic E-state index is 0.583. The molecule has 1 radical (unpaired) electrons. The first-order chi connectivity index (χ1) is 6.86. The van der Waals surface area contributed by atoms with Crippen LogP contribution < -0.4 is 0 Å². The van der Waals surface area contributed by atoms with Crippen LogP contribution >= 0.6 is 0 Å².